The first-order valence-electron chi connectivity index (χ1n) is 9.57. The third kappa shape index (κ3) is 6.64. The molecule has 0 saturated carbocycles. The minimum atomic E-state index is -0.877. The van der Waals surface area contributed by atoms with E-state index in [2.05, 4.69) is 10.6 Å². The average molecular weight is 397 g/mol. The number of nitrogens with one attached hydrogen (secondary N) is 2. The first kappa shape index (κ1) is 21.9. The number of esters is 1. The van der Waals surface area contributed by atoms with Crippen LogP contribution in [0.2, 0.25) is 0 Å². The Morgan fingerprint density at radius 1 is 0.966 bits per heavy atom. The number of carbonyl (C=O) groups excluding carboxylic acids is 3. The van der Waals surface area contributed by atoms with Crippen LogP contribution in [-0.2, 0) is 14.3 Å². The number of hydrogen-bond acceptors (Lipinski definition) is 4. The Balaban J connectivity index is 1.93. The number of urea groups is 1. The van der Waals surface area contributed by atoms with E-state index in [1.54, 1.807) is 38.1 Å². The summed E-state index contributed by atoms with van der Waals surface area (Å²) in [6.07, 6.45) is 0. The highest BCUT2D eigenvalue weighted by Crippen LogP contribution is 2.13. The maximum absolute atomic E-state index is 12.5. The van der Waals surface area contributed by atoms with Crippen LogP contribution in [0.25, 0.3) is 0 Å². The normalized spacial score (nSPS) is 11.4. The molecule has 2 aromatic rings. The van der Waals surface area contributed by atoms with Crippen molar-refractivity contribution in [1.82, 2.24) is 5.32 Å². The van der Waals surface area contributed by atoms with E-state index in [1.165, 1.54) is 4.90 Å². The van der Waals surface area contributed by atoms with Gasteiger partial charge in [-0.2, -0.15) is 0 Å². The molecule has 0 aliphatic carbocycles. The van der Waals surface area contributed by atoms with Gasteiger partial charge >= 0.3 is 12.0 Å². The van der Waals surface area contributed by atoms with E-state index in [1.807, 2.05) is 43.3 Å². The van der Waals surface area contributed by atoms with E-state index in [9.17, 15) is 14.4 Å². The lowest BCUT2D eigenvalue weighted by Crippen LogP contribution is -2.47. The molecule has 0 spiro atoms. The van der Waals surface area contributed by atoms with Crippen LogP contribution in [0.15, 0.2) is 60.7 Å². The number of anilines is 2. The number of para-hydroxylation sites is 2. The summed E-state index contributed by atoms with van der Waals surface area (Å²) < 4.78 is 5.21. The van der Waals surface area contributed by atoms with Gasteiger partial charge in [0.05, 0.1) is 0 Å². The van der Waals surface area contributed by atoms with Crippen molar-refractivity contribution < 1.29 is 19.1 Å². The van der Waals surface area contributed by atoms with Crippen LogP contribution in [0.5, 0.6) is 0 Å². The predicted molar refractivity (Wildman–Crippen MR) is 113 cm³/mol. The zero-order valence-corrected chi connectivity index (χ0v) is 16.9. The lowest BCUT2D eigenvalue weighted by molar-refractivity contribution is -0.150. The predicted octanol–water partition coefficient (Wildman–Crippen LogP) is 3.43. The van der Waals surface area contributed by atoms with Crippen molar-refractivity contribution in [2.24, 2.45) is 5.92 Å². The van der Waals surface area contributed by atoms with Crippen molar-refractivity contribution in [3.8, 4) is 0 Å². The summed E-state index contributed by atoms with van der Waals surface area (Å²) in [6.45, 7) is 5.48. The molecule has 3 amide bonds. The summed E-state index contributed by atoms with van der Waals surface area (Å²) in [7, 11) is 0. The van der Waals surface area contributed by atoms with E-state index in [-0.39, 0.29) is 11.8 Å². The molecule has 29 heavy (non-hydrogen) atoms. The number of likely N-dealkylation sites (N-methyl/N-ethyl adjacent to an activating group) is 1. The van der Waals surface area contributed by atoms with Gasteiger partial charge in [-0.15, -0.1) is 0 Å². The topological polar surface area (TPSA) is 87.7 Å². The molecule has 7 heteroatoms. The van der Waals surface area contributed by atoms with Gasteiger partial charge < -0.3 is 20.3 Å². The zero-order chi connectivity index (χ0) is 21.2. The molecule has 2 aromatic carbocycles. The fourth-order valence-electron chi connectivity index (χ4n) is 2.74. The van der Waals surface area contributed by atoms with E-state index >= 15 is 0 Å². The molecule has 0 radical (unpaired) electrons. The van der Waals surface area contributed by atoms with Crippen molar-refractivity contribution in [1.29, 1.82) is 0 Å². The van der Waals surface area contributed by atoms with Gasteiger partial charge in [-0.3, -0.25) is 4.79 Å². The van der Waals surface area contributed by atoms with Crippen molar-refractivity contribution in [3.05, 3.63) is 60.7 Å². The molecule has 0 saturated heterocycles. The summed E-state index contributed by atoms with van der Waals surface area (Å²) in [5, 5.41) is 5.28. The van der Waals surface area contributed by atoms with Crippen LogP contribution >= 0.6 is 0 Å². The molecule has 0 aliphatic rings. The molecule has 1 atom stereocenters. The Morgan fingerprint density at radius 2 is 1.55 bits per heavy atom. The molecule has 7 nitrogen and oxygen atoms in total. The zero-order valence-electron chi connectivity index (χ0n) is 16.9. The minimum Gasteiger partial charge on any atom is -0.454 e. The number of hydrogen-bond donors (Lipinski definition) is 2. The number of benzene rings is 2. The third-order valence-electron chi connectivity index (χ3n) is 4.26. The smallest absolute Gasteiger partial charge is 0.329 e. The van der Waals surface area contributed by atoms with E-state index in [0.717, 1.165) is 5.69 Å². The van der Waals surface area contributed by atoms with Gasteiger partial charge in [-0.05, 0) is 37.1 Å². The molecule has 2 N–H and O–H groups in total. The molecule has 0 aromatic heterocycles. The maximum Gasteiger partial charge on any atom is 0.329 e. The summed E-state index contributed by atoms with van der Waals surface area (Å²) in [4.78, 5) is 38.7. The Morgan fingerprint density at radius 3 is 2.10 bits per heavy atom. The molecule has 2 rings (SSSR count). The van der Waals surface area contributed by atoms with Crippen molar-refractivity contribution in [3.63, 3.8) is 0 Å². The standard InChI is InChI=1S/C22H27N3O4/c1-4-25(18-13-9-6-10-14-18)19(26)15-29-21(27)20(16(2)3)24-22(28)23-17-11-7-5-8-12-17/h5-14,16,20H,4,15H2,1-3H3,(H2,23,24,28)/t20-/m1/s1. The summed E-state index contributed by atoms with van der Waals surface area (Å²) in [5.41, 5.74) is 1.34. The van der Waals surface area contributed by atoms with Crippen LogP contribution in [0, 0.1) is 5.92 Å². The summed E-state index contributed by atoms with van der Waals surface area (Å²) in [5.74, 6) is -1.19. The molecular weight excluding hydrogens is 370 g/mol. The Labute approximate surface area is 171 Å². The van der Waals surface area contributed by atoms with E-state index in [4.69, 9.17) is 4.74 Å². The summed E-state index contributed by atoms with van der Waals surface area (Å²) >= 11 is 0. The third-order valence-corrected chi connectivity index (χ3v) is 4.26. The number of ether oxygens (including phenoxy) is 1. The first-order valence-corrected chi connectivity index (χ1v) is 9.57. The quantitative estimate of drug-likeness (QED) is 0.668. The summed E-state index contributed by atoms with van der Waals surface area (Å²) in [6, 6.07) is 16.7. The molecule has 0 fully saturated rings. The lowest BCUT2D eigenvalue weighted by Gasteiger charge is -2.23. The second-order valence-electron chi connectivity index (χ2n) is 6.77. The van der Waals surface area contributed by atoms with Crippen LogP contribution in [0.1, 0.15) is 20.8 Å². The van der Waals surface area contributed by atoms with E-state index < -0.39 is 24.6 Å². The van der Waals surface area contributed by atoms with Gasteiger partial charge in [-0.25, -0.2) is 9.59 Å². The van der Waals surface area contributed by atoms with Crippen molar-refractivity contribution in [2.45, 2.75) is 26.8 Å². The fraction of sp³-hybridized carbons (Fsp3) is 0.318. The number of nitrogens with zero attached hydrogens (tertiary/aromatic N) is 1. The SMILES string of the molecule is CCN(C(=O)COC(=O)[C@H](NC(=O)Nc1ccccc1)C(C)C)c1ccccc1. The largest absolute Gasteiger partial charge is 0.454 e. The highest BCUT2D eigenvalue weighted by molar-refractivity contribution is 5.96. The van der Waals surface area contributed by atoms with Gasteiger partial charge in [0.25, 0.3) is 5.91 Å². The molecule has 154 valence electrons. The highest BCUT2D eigenvalue weighted by atomic mass is 16.5. The molecular formula is C22H27N3O4. The molecule has 0 unspecified atom stereocenters. The van der Waals surface area contributed by atoms with Gasteiger partial charge in [0, 0.05) is 17.9 Å². The second kappa shape index (κ2) is 10.8. The average Bonchev–Trinajstić information content (AvgIpc) is 2.72. The number of amides is 3. The van der Waals surface area contributed by atoms with Gasteiger partial charge in [-0.1, -0.05) is 50.2 Å². The molecule has 0 aliphatic heterocycles. The highest BCUT2D eigenvalue weighted by Gasteiger charge is 2.27. The Hall–Kier alpha value is -3.35. The number of rotatable bonds is 8. The minimum absolute atomic E-state index is 0.212. The van der Waals surface area contributed by atoms with Crippen LogP contribution in [0.4, 0.5) is 16.2 Å². The van der Waals surface area contributed by atoms with E-state index in [0.29, 0.717) is 12.2 Å². The Kier molecular flexibility index (Phi) is 8.21. The molecule has 0 bridgehead atoms. The van der Waals surface area contributed by atoms with Crippen molar-refractivity contribution >= 4 is 29.3 Å². The lowest BCUT2D eigenvalue weighted by atomic mass is 10.1. The van der Waals surface area contributed by atoms with Crippen molar-refractivity contribution in [2.75, 3.05) is 23.4 Å². The second-order valence-corrected chi connectivity index (χ2v) is 6.77. The van der Waals surface area contributed by atoms with Crippen LogP contribution in [-0.4, -0.2) is 37.1 Å². The molecule has 0 heterocycles. The fourth-order valence-corrected chi connectivity index (χ4v) is 2.74. The van der Waals surface area contributed by atoms with Crippen LogP contribution < -0.4 is 15.5 Å². The van der Waals surface area contributed by atoms with Gasteiger partial charge in [0.15, 0.2) is 6.61 Å². The Bertz CT molecular complexity index is 809. The van der Waals surface area contributed by atoms with Gasteiger partial charge in [0.2, 0.25) is 0 Å². The van der Waals surface area contributed by atoms with Crippen LogP contribution in [0.3, 0.4) is 0 Å². The number of carbonyl (C=O) groups is 3. The maximum atomic E-state index is 12.5. The first-order chi connectivity index (χ1) is 13.9. The van der Waals surface area contributed by atoms with Gasteiger partial charge in [0.1, 0.15) is 6.04 Å². The monoisotopic (exact) mass is 397 g/mol.